The first-order chi connectivity index (χ1) is 9.69. The van der Waals surface area contributed by atoms with E-state index in [4.69, 9.17) is 4.74 Å². The lowest BCUT2D eigenvalue weighted by atomic mass is 10.2. The molecule has 1 saturated heterocycles. The van der Waals surface area contributed by atoms with E-state index in [1.807, 2.05) is 0 Å². The van der Waals surface area contributed by atoms with Crippen LogP contribution in [0.1, 0.15) is 0 Å². The molecule has 1 atom stereocenters. The highest BCUT2D eigenvalue weighted by Gasteiger charge is 2.22. The van der Waals surface area contributed by atoms with Gasteiger partial charge in [-0.3, -0.25) is 10.1 Å². The largest absolute Gasteiger partial charge is 0.482 e. The molecule has 7 heteroatoms. The summed E-state index contributed by atoms with van der Waals surface area (Å²) in [4.78, 5) is 22.8. The molecule has 1 heterocycles. The van der Waals surface area contributed by atoms with Gasteiger partial charge in [-0.1, -0.05) is 0 Å². The molecule has 0 bridgehead atoms. The number of rotatable bonds is 5. The van der Waals surface area contributed by atoms with Crippen LogP contribution in [0, 0.1) is 0 Å². The quantitative estimate of drug-likeness (QED) is 0.784. The van der Waals surface area contributed by atoms with Crippen molar-refractivity contribution in [2.45, 2.75) is 6.04 Å². The first kappa shape index (κ1) is 14.7. The molecule has 1 amide bonds. The lowest BCUT2D eigenvalue weighted by molar-refractivity contribution is -0.142. The summed E-state index contributed by atoms with van der Waals surface area (Å²) in [6.07, 6.45) is 0. The third-order valence-corrected chi connectivity index (χ3v) is 3.68. The minimum Gasteiger partial charge on any atom is -0.482 e. The number of anilines is 1. The summed E-state index contributed by atoms with van der Waals surface area (Å²) in [6, 6.07) is 6.69. The Morgan fingerprint density at radius 3 is 2.75 bits per heavy atom. The zero-order chi connectivity index (χ0) is 14.4. The Balaban J connectivity index is 1.84. The summed E-state index contributed by atoms with van der Waals surface area (Å²) >= 11 is 1.70. The number of amides is 1. The number of nitrogens with one attached hydrogen (secondary N) is 2. The van der Waals surface area contributed by atoms with E-state index >= 15 is 0 Å². The second kappa shape index (κ2) is 7.16. The van der Waals surface area contributed by atoms with Crippen molar-refractivity contribution in [3.05, 3.63) is 24.3 Å². The molecule has 0 aromatic heterocycles. The van der Waals surface area contributed by atoms with Gasteiger partial charge >= 0.3 is 5.97 Å². The minimum absolute atomic E-state index is 0.0433. The van der Waals surface area contributed by atoms with Crippen LogP contribution in [0.3, 0.4) is 0 Å². The Labute approximate surface area is 121 Å². The Kier molecular flexibility index (Phi) is 5.25. The molecule has 2 rings (SSSR count). The summed E-state index contributed by atoms with van der Waals surface area (Å²) in [7, 11) is 1.31. The fourth-order valence-corrected chi connectivity index (χ4v) is 2.57. The van der Waals surface area contributed by atoms with E-state index < -0.39 is 5.97 Å². The number of methoxy groups -OCH3 is 1. The Morgan fingerprint density at radius 1 is 1.40 bits per heavy atom. The molecular formula is C13H16N2O4S. The molecule has 1 aromatic carbocycles. The topological polar surface area (TPSA) is 76.7 Å². The molecule has 6 nitrogen and oxygen atoms in total. The maximum atomic E-state index is 11.9. The average molecular weight is 296 g/mol. The van der Waals surface area contributed by atoms with Gasteiger partial charge in [0.05, 0.1) is 13.2 Å². The summed E-state index contributed by atoms with van der Waals surface area (Å²) in [6.45, 7) is -0.134. The van der Waals surface area contributed by atoms with Crippen LogP contribution in [0.15, 0.2) is 24.3 Å². The van der Waals surface area contributed by atoms with E-state index in [2.05, 4.69) is 15.4 Å². The number of benzene rings is 1. The predicted octanol–water partition coefficient (Wildman–Crippen LogP) is 0.839. The van der Waals surface area contributed by atoms with Gasteiger partial charge in [0.15, 0.2) is 6.61 Å². The molecule has 1 fully saturated rings. The summed E-state index contributed by atoms with van der Waals surface area (Å²) in [5.41, 5.74) is 0.694. The van der Waals surface area contributed by atoms with Crippen LogP contribution in [0.4, 0.5) is 5.69 Å². The van der Waals surface area contributed by atoms with Crippen LogP contribution in [0.25, 0.3) is 0 Å². The first-order valence-electron chi connectivity index (χ1n) is 6.10. The van der Waals surface area contributed by atoms with E-state index in [-0.39, 0.29) is 18.6 Å². The van der Waals surface area contributed by atoms with E-state index in [0.29, 0.717) is 11.4 Å². The van der Waals surface area contributed by atoms with E-state index in [9.17, 15) is 9.59 Å². The fourth-order valence-electron chi connectivity index (χ4n) is 1.63. The molecule has 0 radical (unpaired) electrons. The number of hydrogen-bond acceptors (Lipinski definition) is 6. The third kappa shape index (κ3) is 4.14. The van der Waals surface area contributed by atoms with Gasteiger partial charge in [0, 0.05) is 17.3 Å². The van der Waals surface area contributed by atoms with Crippen LogP contribution in [0.5, 0.6) is 5.75 Å². The summed E-state index contributed by atoms with van der Waals surface area (Å²) in [5, 5.41) is 5.93. The van der Waals surface area contributed by atoms with Gasteiger partial charge in [-0.15, -0.1) is 11.8 Å². The van der Waals surface area contributed by atoms with Crippen molar-refractivity contribution in [3.8, 4) is 5.75 Å². The highest BCUT2D eigenvalue weighted by atomic mass is 32.2. The van der Waals surface area contributed by atoms with Crippen molar-refractivity contribution in [2.24, 2.45) is 0 Å². The van der Waals surface area contributed by atoms with Crippen molar-refractivity contribution >= 4 is 29.3 Å². The van der Waals surface area contributed by atoms with Gasteiger partial charge in [-0.2, -0.15) is 0 Å². The van der Waals surface area contributed by atoms with Gasteiger partial charge in [-0.05, 0) is 24.3 Å². The molecule has 108 valence electrons. The van der Waals surface area contributed by atoms with E-state index in [1.54, 1.807) is 36.0 Å². The third-order valence-electron chi connectivity index (χ3n) is 2.74. The average Bonchev–Trinajstić information content (AvgIpc) is 3.00. The number of esters is 1. The molecule has 1 unspecified atom stereocenters. The second-order valence-electron chi connectivity index (χ2n) is 4.15. The molecule has 20 heavy (non-hydrogen) atoms. The summed E-state index contributed by atoms with van der Waals surface area (Å²) < 4.78 is 9.69. The Morgan fingerprint density at radius 2 is 2.15 bits per heavy atom. The lowest BCUT2D eigenvalue weighted by Crippen LogP contribution is -2.37. The first-order valence-corrected chi connectivity index (χ1v) is 7.26. The maximum absolute atomic E-state index is 11.9. The zero-order valence-corrected chi connectivity index (χ0v) is 11.9. The lowest BCUT2D eigenvalue weighted by Gasteiger charge is -2.11. The zero-order valence-electron chi connectivity index (χ0n) is 11.0. The molecule has 0 saturated carbocycles. The maximum Gasteiger partial charge on any atom is 0.343 e. The van der Waals surface area contributed by atoms with Crippen LogP contribution >= 0.6 is 11.8 Å². The van der Waals surface area contributed by atoms with Crippen LogP contribution in [-0.2, 0) is 14.3 Å². The molecule has 0 spiro atoms. The predicted molar refractivity (Wildman–Crippen MR) is 76.8 cm³/mol. The van der Waals surface area contributed by atoms with Gasteiger partial charge in [0.1, 0.15) is 5.75 Å². The SMILES string of the molecule is COC(=O)COc1ccc(NC(=O)C2CSCN2)cc1. The fraction of sp³-hybridized carbons (Fsp3) is 0.385. The van der Waals surface area contributed by atoms with E-state index in [0.717, 1.165) is 11.6 Å². The Bertz CT molecular complexity index is 472. The van der Waals surface area contributed by atoms with Crippen LogP contribution in [0.2, 0.25) is 0 Å². The van der Waals surface area contributed by atoms with Crippen molar-refractivity contribution < 1.29 is 19.1 Å². The highest BCUT2D eigenvalue weighted by Crippen LogP contribution is 2.17. The summed E-state index contributed by atoms with van der Waals surface area (Å²) in [5.74, 6) is 1.65. The van der Waals surface area contributed by atoms with Crippen molar-refractivity contribution in [1.29, 1.82) is 0 Å². The normalized spacial score (nSPS) is 17.6. The Hall–Kier alpha value is -1.73. The van der Waals surface area contributed by atoms with Gasteiger partial charge < -0.3 is 14.8 Å². The molecule has 1 aromatic rings. The standard InChI is InChI=1S/C13H16N2O4S/c1-18-12(16)6-19-10-4-2-9(3-5-10)15-13(17)11-7-20-8-14-11/h2-5,11,14H,6-8H2,1H3,(H,15,17). The van der Waals surface area contributed by atoms with Crippen LogP contribution in [-0.4, -0.2) is 43.3 Å². The second-order valence-corrected chi connectivity index (χ2v) is 5.18. The van der Waals surface area contributed by atoms with Crippen molar-refractivity contribution in [1.82, 2.24) is 5.32 Å². The number of carbonyl (C=O) groups excluding carboxylic acids is 2. The molecular weight excluding hydrogens is 280 g/mol. The number of hydrogen-bond donors (Lipinski definition) is 2. The molecule has 1 aliphatic heterocycles. The smallest absolute Gasteiger partial charge is 0.343 e. The number of ether oxygens (including phenoxy) is 2. The van der Waals surface area contributed by atoms with Gasteiger partial charge in [-0.25, -0.2) is 4.79 Å². The van der Waals surface area contributed by atoms with Gasteiger partial charge in [0.25, 0.3) is 0 Å². The molecule has 2 N–H and O–H groups in total. The minimum atomic E-state index is -0.438. The van der Waals surface area contributed by atoms with Gasteiger partial charge in [0.2, 0.25) is 5.91 Å². The number of thioether (sulfide) groups is 1. The monoisotopic (exact) mass is 296 g/mol. The van der Waals surface area contributed by atoms with E-state index in [1.165, 1.54) is 7.11 Å². The van der Waals surface area contributed by atoms with Crippen molar-refractivity contribution in [3.63, 3.8) is 0 Å². The van der Waals surface area contributed by atoms with Crippen LogP contribution < -0.4 is 15.4 Å². The number of carbonyl (C=O) groups is 2. The highest BCUT2D eigenvalue weighted by molar-refractivity contribution is 7.99. The molecule has 0 aliphatic carbocycles. The molecule has 1 aliphatic rings. The van der Waals surface area contributed by atoms with Crippen molar-refractivity contribution in [2.75, 3.05) is 30.7 Å².